The highest BCUT2D eigenvalue weighted by Crippen LogP contribution is 2.31. The number of benzene rings is 1. The summed E-state index contributed by atoms with van der Waals surface area (Å²) in [5.74, 6) is 0.155. The number of rotatable bonds is 10. The number of carbonyl (C=O) groups excluding carboxylic acids is 1. The average molecular weight is 404 g/mol. The predicted octanol–water partition coefficient (Wildman–Crippen LogP) is 5.12. The zero-order valence-corrected chi connectivity index (χ0v) is 19.5. The molecule has 0 spiro atoms. The number of aromatic hydroxyl groups is 1. The van der Waals surface area contributed by atoms with Crippen molar-refractivity contribution in [2.75, 3.05) is 39.8 Å². The number of phenols is 1. The highest BCUT2D eigenvalue weighted by atomic mass is 16.3. The number of likely N-dealkylation sites (N-methyl/N-ethyl adjacent to an activating group) is 1. The van der Waals surface area contributed by atoms with Gasteiger partial charge in [-0.3, -0.25) is 9.69 Å². The van der Waals surface area contributed by atoms with Crippen LogP contribution in [0, 0.1) is 0 Å². The van der Waals surface area contributed by atoms with Crippen LogP contribution in [0.4, 0.5) is 0 Å². The molecule has 1 aromatic carbocycles. The number of phenolic OH excluding ortho intramolecular Hbond substituents is 1. The molecule has 4 nitrogen and oxygen atoms in total. The van der Waals surface area contributed by atoms with Crippen LogP contribution in [-0.2, 0) is 12.0 Å². The van der Waals surface area contributed by atoms with Crippen LogP contribution in [0.5, 0.6) is 5.75 Å². The van der Waals surface area contributed by atoms with Gasteiger partial charge < -0.3 is 9.59 Å². The molecule has 1 aromatic rings. The largest absolute Gasteiger partial charge is 0.507 e. The molecule has 2 rings (SSSR count). The molecule has 0 bridgehead atoms. The fraction of sp³-hybridized carbons (Fsp3) is 0.720. The molecule has 29 heavy (non-hydrogen) atoms. The van der Waals surface area contributed by atoms with Gasteiger partial charge in [-0.2, -0.15) is 0 Å². The van der Waals surface area contributed by atoms with E-state index in [-0.39, 0.29) is 11.2 Å². The number of piperazine rings is 1. The molecule has 4 heteroatoms. The lowest BCUT2D eigenvalue weighted by molar-refractivity contribution is -0.914. The summed E-state index contributed by atoms with van der Waals surface area (Å²) in [5, 5.41) is 10.6. The van der Waals surface area contributed by atoms with E-state index in [1.165, 1.54) is 45.1 Å². The van der Waals surface area contributed by atoms with E-state index in [4.69, 9.17) is 0 Å². The SMILES string of the molecule is CCCCCCCC[N+]1(C)CCN(Cc2cc(C(C)(C)C)cc(C=O)c2O)CC1. The second-order valence-corrected chi connectivity index (χ2v) is 10.3. The molecule has 164 valence electrons. The van der Waals surface area contributed by atoms with Crippen molar-refractivity contribution in [3.63, 3.8) is 0 Å². The van der Waals surface area contributed by atoms with Crippen LogP contribution in [0.2, 0.25) is 0 Å². The highest BCUT2D eigenvalue weighted by molar-refractivity contribution is 5.80. The normalized spacial score (nSPS) is 17.4. The fourth-order valence-electron chi connectivity index (χ4n) is 4.25. The topological polar surface area (TPSA) is 40.5 Å². The molecule has 1 N–H and O–H groups in total. The Bertz CT molecular complexity index is 656. The lowest BCUT2D eigenvalue weighted by Crippen LogP contribution is -2.57. The molecular weight excluding hydrogens is 360 g/mol. The molecule has 0 unspecified atom stereocenters. The van der Waals surface area contributed by atoms with Crippen molar-refractivity contribution in [2.45, 2.75) is 78.2 Å². The van der Waals surface area contributed by atoms with E-state index < -0.39 is 0 Å². The number of nitrogens with zero attached hydrogens (tertiary/aromatic N) is 2. The van der Waals surface area contributed by atoms with Gasteiger partial charge in [0.25, 0.3) is 0 Å². The molecule has 1 heterocycles. The van der Waals surface area contributed by atoms with Gasteiger partial charge in [-0.1, -0.05) is 59.4 Å². The van der Waals surface area contributed by atoms with Crippen molar-refractivity contribution in [3.8, 4) is 5.75 Å². The Morgan fingerprint density at radius 3 is 2.28 bits per heavy atom. The third kappa shape index (κ3) is 7.11. The second kappa shape index (κ2) is 10.6. The van der Waals surface area contributed by atoms with Crippen LogP contribution in [0.1, 0.15) is 87.7 Å². The van der Waals surface area contributed by atoms with Crippen LogP contribution >= 0.6 is 0 Å². The molecule has 0 atom stereocenters. The van der Waals surface area contributed by atoms with Crippen molar-refractivity contribution in [1.82, 2.24) is 4.90 Å². The summed E-state index contributed by atoms with van der Waals surface area (Å²) in [6, 6.07) is 3.91. The van der Waals surface area contributed by atoms with Gasteiger partial charge in [0.2, 0.25) is 0 Å². The van der Waals surface area contributed by atoms with E-state index in [0.29, 0.717) is 12.1 Å². The molecule has 1 fully saturated rings. The minimum absolute atomic E-state index is 0.0469. The Morgan fingerprint density at radius 2 is 1.69 bits per heavy atom. The zero-order chi connectivity index (χ0) is 21.5. The first-order valence-electron chi connectivity index (χ1n) is 11.6. The summed E-state index contributed by atoms with van der Waals surface area (Å²) in [6.07, 6.45) is 8.91. The van der Waals surface area contributed by atoms with Crippen molar-refractivity contribution < 1.29 is 14.4 Å². The van der Waals surface area contributed by atoms with Crippen molar-refractivity contribution in [3.05, 3.63) is 28.8 Å². The first kappa shape index (κ1) is 23.9. The van der Waals surface area contributed by atoms with Crippen LogP contribution in [0.15, 0.2) is 12.1 Å². The average Bonchev–Trinajstić information content (AvgIpc) is 2.67. The van der Waals surface area contributed by atoms with Crippen molar-refractivity contribution in [1.29, 1.82) is 0 Å². The molecule has 0 aliphatic carbocycles. The molecule has 1 aliphatic rings. The van der Waals surface area contributed by atoms with Gasteiger partial charge in [0.15, 0.2) is 6.29 Å². The summed E-state index contributed by atoms with van der Waals surface area (Å²) in [7, 11) is 2.39. The standard InChI is InChI=1S/C25H42N2O2/c1-6-7-8-9-10-11-14-27(5)15-12-26(13-16-27)19-21-17-23(25(2,3)4)18-22(20-28)24(21)29/h17-18,20H,6-16,19H2,1-5H3/p+1. The predicted molar refractivity (Wildman–Crippen MR) is 122 cm³/mol. The van der Waals surface area contributed by atoms with Crippen LogP contribution < -0.4 is 0 Å². The fourth-order valence-corrected chi connectivity index (χ4v) is 4.25. The maximum Gasteiger partial charge on any atom is 0.153 e. The summed E-state index contributed by atoms with van der Waals surface area (Å²) in [5.41, 5.74) is 2.35. The minimum Gasteiger partial charge on any atom is -0.507 e. The smallest absolute Gasteiger partial charge is 0.153 e. The highest BCUT2D eigenvalue weighted by Gasteiger charge is 2.29. The number of hydrogen-bond donors (Lipinski definition) is 1. The Morgan fingerprint density at radius 1 is 1.07 bits per heavy atom. The second-order valence-electron chi connectivity index (χ2n) is 10.3. The Hall–Kier alpha value is -1.39. The Balaban J connectivity index is 1.91. The zero-order valence-electron chi connectivity index (χ0n) is 19.5. The number of unbranched alkanes of at least 4 members (excludes halogenated alkanes) is 5. The van der Waals surface area contributed by atoms with E-state index in [9.17, 15) is 9.90 Å². The first-order chi connectivity index (χ1) is 13.7. The van der Waals surface area contributed by atoms with Gasteiger partial charge in [-0.25, -0.2) is 0 Å². The van der Waals surface area contributed by atoms with E-state index in [0.717, 1.165) is 48.1 Å². The van der Waals surface area contributed by atoms with Gasteiger partial charge in [-0.15, -0.1) is 0 Å². The third-order valence-corrected chi connectivity index (χ3v) is 6.57. The van der Waals surface area contributed by atoms with Gasteiger partial charge in [-0.05, 0) is 29.9 Å². The molecule has 0 saturated carbocycles. The van der Waals surface area contributed by atoms with Crippen molar-refractivity contribution in [2.24, 2.45) is 0 Å². The summed E-state index contributed by atoms with van der Waals surface area (Å²) >= 11 is 0. The summed E-state index contributed by atoms with van der Waals surface area (Å²) < 4.78 is 1.16. The van der Waals surface area contributed by atoms with Gasteiger partial charge >= 0.3 is 0 Å². The van der Waals surface area contributed by atoms with E-state index in [1.54, 1.807) is 0 Å². The third-order valence-electron chi connectivity index (χ3n) is 6.57. The summed E-state index contributed by atoms with van der Waals surface area (Å²) in [6.45, 7) is 15.1. The number of quaternary nitrogens is 1. The number of carbonyl (C=O) groups is 1. The van der Waals surface area contributed by atoms with Gasteiger partial charge in [0, 0.05) is 25.2 Å². The lowest BCUT2D eigenvalue weighted by Gasteiger charge is -2.42. The van der Waals surface area contributed by atoms with Crippen LogP contribution in [0.3, 0.4) is 0 Å². The molecule has 0 radical (unpaired) electrons. The molecule has 1 aliphatic heterocycles. The summed E-state index contributed by atoms with van der Waals surface area (Å²) in [4.78, 5) is 13.9. The van der Waals surface area contributed by atoms with E-state index in [2.05, 4.69) is 45.7 Å². The number of hydrogen-bond acceptors (Lipinski definition) is 3. The minimum atomic E-state index is -0.0469. The Labute approximate surface area is 178 Å². The molecule has 0 aromatic heterocycles. The molecule has 1 saturated heterocycles. The first-order valence-corrected chi connectivity index (χ1v) is 11.6. The Kier molecular flexibility index (Phi) is 8.72. The van der Waals surface area contributed by atoms with Gasteiger partial charge in [0.1, 0.15) is 5.75 Å². The van der Waals surface area contributed by atoms with Crippen LogP contribution in [-0.4, -0.2) is 60.5 Å². The van der Waals surface area contributed by atoms with Crippen molar-refractivity contribution >= 4 is 6.29 Å². The number of aldehydes is 1. The van der Waals surface area contributed by atoms with E-state index >= 15 is 0 Å². The molecule has 0 amide bonds. The van der Waals surface area contributed by atoms with E-state index in [1.807, 2.05) is 6.07 Å². The lowest BCUT2D eigenvalue weighted by atomic mass is 9.84. The maximum atomic E-state index is 11.4. The maximum absolute atomic E-state index is 11.4. The quantitative estimate of drug-likeness (QED) is 0.335. The van der Waals surface area contributed by atoms with Crippen LogP contribution in [0.25, 0.3) is 0 Å². The van der Waals surface area contributed by atoms with Gasteiger partial charge in [0.05, 0.1) is 32.2 Å². The molecular formula is C25H43N2O2+. The monoisotopic (exact) mass is 403 g/mol.